The van der Waals surface area contributed by atoms with Crippen molar-refractivity contribution in [2.45, 2.75) is 29.1 Å². The maximum Gasteiger partial charge on any atom is 0.451 e. The smallest absolute Gasteiger partial charge is 0.305 e. The number of fused-ring (bicyclic) bond motifs is 1. The maximum atomic E-state index is 14.0. The van der Waals surface area contributed by atoms with E-state index in [2.05, 4.69) is 22.8 Å². The van der Waals surface area contributed by atoms with Crippen LogP contribution in [0.15, 0.2) is 9.79 Å². The SMILES string of the molecule is O=S(=O)(c1c(F)c(F)c(S)c(F)c1F)N1CCn2c(nnc2C(F)(F)F)C1. The first-order chi connectivity index (χ1) is 12.4. The molecule has 2 aromatic rings. The van der Waals surface area contributed by atoms with Gasteiger partial charge in [-0.25, -0.2) is 26.0 Å². The summed E-state index contributed by atoms with van der Waals surface area (Å²) in [5.41, 5.74) is 0. The van der Waals surface area contributed by atoms with Crippen LogP contribution in [0.2, 0.25) is 0 Å². The summed E-state index contributed by atoms with van der Waals surface area (Å²) < 4.78 is 119. The highest BCUT2D eigenvalue weighted by Crippen LogP contribution is 2.34. The number of hydrogen-bond donors (Lipinski definition) is 1. The van der Waals surface area contributed by atoms with Gasteiger partial charge in [0.2, 0.25) is 15.8 Å². The Morgan fingerprint density at radius 3 is 2.00 bits per heavy atom. The van der Waals surface area contributed by atoms with Crippen LogP contribution in [0.1, 0.15) is 11.6 Å². The Balaban J connectivity index is 2.05. The molecule has 1 aromatic carbocycles. The largest absolute Gasteiger partial charge is 0.451 e. The molecule has 1 aliphatic heterocycles. The third-order valence-corrected chi connectivity index (χ3v) is 6.03. The first-order valence-electron chi connectivity index (χ1n) is 6.91. The molecule has 0 fully saturated rings. The predicted octanol–water partition coefficient (Wildman–Crippen LogP) is 2.35. The van der Waals surface area contributed by atoms with Gasteiger partial charge in [-0.2, -0.15) is 17.5 Å². The number of thiol groups is 1. The third-order valence-electron chi connectivity index (χ3n) is 3.77. The van der Waals surface area contributed by atoms with E-state index in [0.29, 0.717) is 8.87 Å². The molecule has 0 saturated carbocycles. The van der Waals surface area contributed by atoms with Crippen molar-refractivity contribution in [3.8, 4) is 0 Å². The molecule has 27 heavy (non-hydrogen) atoms. The van der Waals surface area contributed by atoms with E-state index in [1.165, 1.54) is 0 Å². The van der Waals surface area contributed by atoms with Crippen LogP contribution in [0.4, 0.5) is 30.7 Å². The standard InChI is InChI=1S/C12H7F7N4O2S2/c13-5-7(15)10(8(16)6(14)9(5)26)27(24,25)22-1-2-23-4(3-22)20-21-11(23)12(17,18)19/h26H,1-3H2. The number of nitrogens with zero attached hydrogens (tertiary/aromatic N) is 4. The summed E-state index contributed by atoms with van der Waals surface area (Å²) in [4.78, 5) is -3.25. The summed E-state index contributed by atoms with van der Waals surface area (Å²) in [6.45, 7) is -2.09. The lowest BCUT2D eigenvalue weighted by Gasteiger charge is -2.27. The van der Waals surface area contributed by atoms with Gasteiger partial charge in [0.1, 0.15) is 5.82 Å². The van der Waals surface area contributed by atoms with Crippen molar-refractivity contribution in [1.82, 2.24) is 19.1 Å². The lowest BCUT2D eigenvalue weighted by atomic mass is 10.3. The monoisotopic (exact) mass is 436 g/mol. The van der Waals surface area contributed by atoms with Crippen LogP contribution in [0.5, 0.6) is 0 Å². The number of halogens is 7. The summed E-state index contributed by atoms with van der Waals surface area (Å²) in [6.07, 6.45) is -4.85. The number of rotatable bonds is 2. The molecule has 0 atom stereocenters. The van der Waals surface area contributed by atoms with E-state index in [9.17, 15) is 39.2 Å². The van der Waals surface area contributed by atoms with Gasteiger partial charge in [0.15, 0.2) is 28.2 Å². The predicted molar refractivity (Wildman–Crippen MR) is 76.1 cm³/mol. The Morgan fingerprint density at radius 1 is 0.926 bits per heavy atom. The van der Waals surface area contributed by atoms with E-state index in [1.54, 1.807) is 0 Å². The second-order valence-corrected chi connectivity index (χ2v) is 7.68. The summed E-state index contributed by atoms with van der Waals surface area (Å²) in [5.74, 6) is -10.2. The zero-order valence-corrected chi connectivity index (χ0v) is 14.4. The molecule has 15 heteroatoms. The Hall–Kier alpha value is -1.87. The van der Waals surface area contributed by atoms with Gasteiger partial charge in [0, 0.05) is 13.1 Å². The molecule has 2 heterocycles. The van der Waals surface area contributed by atoms with Crippen molar-refractivity contribution in [2.24, 2.45) is 0 Å². The molecule has 0 bridgehead atoms. The Labute approximate surface area is 152 Å². The van der Waals surface area contributed by atoms with Gasteiger partial charge in [0.25, 0.3) is 0 Å². The first-order valence-corrected chi connectivity index (χ1v) is 8.80. The second kappa shape index (κ2) is 6.34. The third kappa shape index (κ3) is 3.06. The quantitative estimate of drug-likeness (QED) is 0.446. The fourth-order valence-electron chi connectivity index (χ4n) is 2.51. The summed E-state index contributed by atoms with van der Waals surface area (Å²) in [6, 6.07) is 0. The van der Waals surface area contributed by atoms with Crippen LogP contribution < -0.4 is 0 Å². The molecule has 1 aliphatic rings. The Morgan fingerprint density at radius 2 is 1.48 bits per heavy atom. The molecular weight excluding hydrogens is 429 g/mol. The summed E-state index contributed by atoms with van der Waals surface area (Å²) in [5, 5.41) is 6.14. The topological polar surface area (TPSA) is 68.1 Å². The van der Waals surface area contributed by atoms with Gasteiger partial charge in [0.05, 0.1) is 11.4 Å². The lowest BCUT2D eigenvalue weighted by Crippen LogP contribution is -2.40. The Bertz CT molecular complexity index is 1010. The molecule has 0 unspecified atom stereocenters. The minimum atomic E-state index is -5.15. The van der Waals surface area contributed by atoms with Crippen LogP contribution in [0.25, 0.3) is 0 Å². The molecular formula is C12H7F7N4O2S2. The van der Waals surface area contributed by atoms with Gasteiger partial charge < -0.3 is 4.57 Å². The normalized spacial score (nSPS) is 15.9. The van der Waals surface area contributed by atoms with Gasteiger partial charge in [-0.1, -0.05) is 0 Å². The van der Waals surface area contributed by atoms with Crippen molar-refractivity contribution in [3.05, 3.63) is 34.9 Å². The molecule has 0 saturated heterocycles. The molecule has 0 amide bonds. The van der Waals surface area contributed by atoms with Crippen LogP contribution in [-0.2, 0) is 29.3 Å². The summed E-state index contributed by atoms with van der Waals surface area (Å²) >= 11 is 3.22. The van der Waals surface area contributed by atoms with Crippen molar-refractivity contribution in [1.29, 1.82) is 0 Å². The van der Waals surface area contributed by atoms with E-state index >= 15 is 0 Å². The molecule has 3 rings (SSSR count). The highest BCUT2D eigenvalue weighted by molar-refractivity contribution is 7.89. The van der Waals surface area contributed by atoms with Gasteiger partial charge in [-0.05, 0) is 0 Å². The van der Waals surface area contributed by atoms with E-state index in [4.69, 9.17) is 0 Å². The number of aromatic nitrogens is 3. The van der Waals surface area contributed by atoms with Crippen LogP contribution in [-0.4, -0.2) is 34.0 Å². The minimum absolute atomic E-state index is 0.343. The molecule has 1 aromatic heterocycles. The zero-order chi connectivity index (χ0) is 20.3. The molecule has 0 radical (unpaired) electrons. The summed E-state index contributed by atoms with van der Waals surface area (Å²) in [7, 11) is -5.15. The fourth-order valence-corrected chi connectivity index (χ4v) is 4.20. The van der Waals surface area contributed by atoms with E-state index in [-0.39, 0.29) is 0 Å². The molecule has 0 aliphatic carbocycles. The van der Waals surface area contributed by atoms with Crippen LogP contribution >= 0.6 is 12.6 Å². The number of hydrogen-bond acceptors (Lipinski definition) is 5. The minimum Gasteiger partial charge on any atom is -0.305 e. The molecule has 6 nitrogen and oxygen atoms in total. The van der Waals surface area contributed by atoms with E-state index in [0.717, 1.165) is 0 Å². The average molecular weight is 436 g/mol. The fraction of sp³-hybridized carbons (Fsp3) is 0.333. The molecule has 0 spiro atoms. The zero-order valence-electron chi connectivity index (χ0n) is 12.7. The Kier molecular flexibility index (Phi) is 4.67. The highest BCUT2D eigenvalue weighted by atomic mass is 32.2. The van der Waals surface area contributed by atoms with Crippen LogP contribution in [0, 0.1) is 23.3 Å². The van der Waals surface area contributed by atoms with E-state index in [1.807, 2.05) is 0 Å². The van der Waals surface area contributed by atoms with Crippen LogP contribution in [0.3, 0.4) is 0 Å². The van der Waals surface area contributed by atoms with Gasteiger partial charge in [-0.15, -0.1) is 22.8 Å². The van der Waals surface area contributed by atoms with Crippen molar-refractivity contribution < 1.29 is 39.2 Å². The lowest BCUT2D eigenvalue weighted by molar-refractivity contribution is -0.147. The molecule has 148 valence electrons. The number of alkyl halides is 3. The van der Waals surface area contributed by atoms with Crippen molar-refractivity contribution in [3.63, 3.8) is 0 Å². The van der Waals surface area contributed by atoms with E-state index < -0.39 is 80.5 Å². The number of sulfonamides is 1. The maximum absolute atomic E-state index is 14.0. The van der Waals surface area contributed by atoms with Crippen molar-refractivity contribution in [2.75, 3.05) is 6.54 Å². The van der Waals surface area contributed by atoms with Gasteiger partial charge in [-0.3, -0.25) is 0 Å². The second-order valence-electron chi connectivity index (χ2n) is 5.36. The van der Waals surface area contributed by atoms with Crippen molar-refractivity contribution >= 4 is 22.7 Å². The average Bonchev–Trinajstić information content (AvgIpc) is 3.01. The highest BCUT2D eigenvalue weighted by Gasteiger charge is 2.42. The van der Waals surface area contributed by atoms with Gasteiger partial charge >= 0.3 is 6.18 Å². The first kappa shape index (κ1) is 19.9. The molecule has 0 N–H and O–H groups in total. The number of benzene rings is 1.